The van der Waals surface area contributed by atoms with Crippen molar-refractivity contribution in [3.63, 3.8) is 0 Å². The Hall–Kier alpha value is -0.290. The third-order valence-electron chi connectivity index (χ3n) is 3.66. The summed E-state index contributed by atoms with van der Waals surface area (Å²) in [5.41, 5.74) is 1.93. The van der Waals surface area contributed by atoms with Gasteiger partial charge < -0.3 is 10.4 Å². The van der Waals surface area contributed by atoms with Gasteiger partial charge in [-0.25, -0.2) is 0 Å². The molecule has 0 bridgehead atoms. The van der Waals surface area contributed by atoms with Gasteiger partial charge in [0.05, 0.1) is 5.60 Å². The standard InChI is InChI=1S/C14H20INO/c1-11-12(15)6-5-7-13(11)16-10-14(17)8-3-2-4-9-14/h5-7,16-17H,2-4,8-10H2,1H3. The van der Waals surface area contributed by atoms with Crippen LogP contribution in [0.4, 0.5) is 5.69 Å². The van der Waals surface area contributed by atoms with Gasteiger partial charge in [0, 0.05) is 15.8 Å². The first-order valence-corrected chi connectivity index (χ1v) is 7.40. The predicted molar refractivity (Wildman–Crippen MR) is 80.4 cm³/mol. The fourth-order valence-corrected chi connectivity index (χ4v) is 2.94. The van der Waals surface area contributed by atoms with Crippen LogP contribution in [0, 0.1) is 10.5 Å². The van der Waals surface area contributed by atoms with E-state index in [1.165, 1.54) is 15.6 Å². The predicted octanol–water partition coefficient (Wildman–Crippen LogP) is 3.71. The Morgan fingerprint density at radius 1 is 1.29 bits per heavy atom. The molecule has 0 amide bonds. The maximum Gasteiger partial charge on any atom is 0.0819 e. The SMILES string of the molecule is Cc1c(I)cccc1NCC1(O)CCCCC1. The number of aliphatic hydroxyl groups is 1. The van der Waals surface area contributed by atoms with Gasteiger partial charge in [0.2, 0.25) is 0 Å². The van der Waals surface area contributed by atoms with Crippen LogP contribution in [0.25, 0.3) is 0 Å². The van der Waals surface area contributed by atoms with Gasteiger partial charge in [0.25, 0.3) is 0 Å². The molecular formula is C14H20INO. The molecule has 0 aliphatic heterocycles. The highest BCUT2D eigenvalue weighted by Gasteiger charge is 2.28. The van der Waals surface area contributed by atoms with E-state index in [1.807, 2.05) is 0 Å². The summed E-state index contributed by atoms with van der Waals surface area (Å²) >= 11 is 2.35. The van der Waals surface area contributed by atoms with Crippen molar-refractivity contribution < 1.29 is 5.11 Å². The van der Waals surface area contributed by atoms with Gasteiger partial charge in [-0.15, -0.1) is 0 Å². The molecule has 0 radical (unpaired) electrons. The third-order valence-corrected chi connectivity index (χ3v) is 4.83. The molecule has 17 heavy (non-hydrogen) atoms. The molecule has 1 aromatic carbocycles. The van der Waals surface area contributed by atoms with E-state index in [4.69, 9.17) is 0 Å². The van der Waals surface area contributed by atoms with E-state index < -0.39 is 5.60 Å². The first kappa shape index (κ1) is 13.1. The number of hydrogen-bond donors (Lipinski definition) is 2. The quantitative estimate of drug-likeness (QED) is 0.819. The van der Waals surface area contributed by atoms with Crippen LogP contribution < -0.4 is 5.32 Å². The molecule has 1 aromatic rings. The number of benzene rings is 1. The summed E-state index contributed by atoms with van der Waals surface area (Å²) in [5, 5.41) is 13.8. The van der Waals surface area contributed by atoms with Crippen molar-refractivity contribution in [2.45, 2.75) is 44.6 Å². The number of anilines is 1. The van der Waals surface area contributed by atoms with Crippen molar-refractivity contribution in [1.82, 2.24) is 0 Å². The van der Waals surface area contributed by atoms with Crippen molar-refractivity contribution in [3.05, 3.63) is 27.3 Å². The van der Waals surface area contributed by atoms with Crippen molar-refractivity contribution in [3.8, 4) is 0 Å². The second-order valence-corrected chi connectivity index (χ2v) is 6.21. The Morgan fingerprint density at radius 3 is 2.71 bits per heavy atom. The lowest BCUT2D eigenvalue weighted by atomic mass is 9.85. The topological polar surface area (TPSA) is 32.3 Å². The molecular weight excluding hydrogens is 325 g/mol. The van der Waals surface area contributed by atoms with E-state index >= 15 is 0 Å². The van der Waals surface area contributed by atoms with Crippen LogP contribution in [-0.4, -0.2) is 17.3 Å². The molecule has 0 aromatic heterocycles. The molecule has 0 atom stereocenters. The van der Waals surface area contributed by atoms with Crippen LogP contribution in [0.1, 0.15) is 37.7 Å². The Labute approximate surface area is 117 Å². The van der Waals surface area contributed by atoms with Crippen LogP contribution >= 0.6 is 22.6 Å². The molecule has 3 heteroatoms. The smallest absolute Gasteiger partial charge is 0.0819 e. The number of halogens is 1. The van der Waals surface area contributed by atoms with Gasteiger partial charge in [0.1, 0.15) is 0 Å². The Bertz CT molecular complexity index is 386. The fraction of sp³-hybridized carbons (Fsp3) is 0.571. The van der Waals surface area contributed by atoms with Gasteiger partial charge in [0.15, 0.2) is 0 Å². The highest BCUT2D eigenvalue weighted by atomic mass is 127. The largest absolute Gasteiger partial charge is 0.388 e. The molecule has 0 unspecified atom stereocenters. The molecule has 94 valence electrons. The number of rotatable bonds is 3. The van der Waals surface area contributed by atoms with Gasteiger partial charge in [-0.3, -0.25) is 0 Å². The summed E-state index contributed by atoms with van der Waals surface area (Å²) in [6, 6.07) is 6.25. The first-order valence-electron chi connectivity index (χ1n) is 6.32. The van der Waals surface area contributed by atoms with Crippen molar-refractivity contribution >= 4 is 28.3 Å². The van der Waals surface area contributed by atoms with E-state index in [0.717, 1.165) is 31.4 Å². The Kier molecular flexibility index (Phi) is 4.31. The molecule has 2 nitrogen and oxygen atoms in total. The Balaban J connectivity index is 1.99. The summed E-state index contributed by atoms with van der Waals surface area (Å²) in [5.74, 6) is 0. The highest BCUT2D eigenvalue weighted by molar-refractivity contribution is 14.1. The van der Waals surface area contributed by atoms with Gasteiger partial charge in [-0.05, 0) is 60.1 Å². The molecule has 1 fully saturated rings. The van der Waals surface area contributed by atoms with E-state index in [9.17, 15) is 5.11 Å². The zero-order valence-corrected chi connectivity index (χ0v) is 12.5. The van der Waals surface area contributed by atoms with E-state index in [1.54, 1.807) is 0 Å². The van der Waals surface area contributed by atoms with E-state index in [-0.39, 0.29) is 0 Å². The van der Waals surface area contributed by atoms with Crippen LogP contribution in [0.5, 0.6) is 0 Å². The normalized spacial score (nSPS) is 19.0. The summed E-state index contributed by atoms with van der Waals surface area (Å²) in [7, 11) is 0. The van der Waals surface area contributed by atoms with E-state index in [0.29, 0.717) is 6.54 Å². The van der Waals surface area contributed by atoms with Gasteiger partial charge in [-0.1, -0.05) is 25.3 Å². The molecule has 0 spiro atoms. The van der Waals surface area contributed by atoms with Crippen LogP contribution in [0.2, 0.25) is 0 Å². The summed E-state index contributed by atoms with van der Waals surface area (Å²) in [4.78, 5) is 0. The van der Waals surface area contributed by atoms with Crippen molar-refractivity contribution in [1.29, 1.82) is 0 Å². The first-order chi connectivity index (χ1) is 8.11. The zero-order valence-electron chi connectivity index (χ0n) is 10.3. The van der Waals surface area contributed by atoms with E-state index in [2.05, 4.69) is 53.0 Å². The lowest BCUT2D eigenvalue weighted by Crippen LogP contribution is -2.38. The van der Waals surface area contributed by atoms with Crippen LogP contribution in [-0.2, 0) is 0 Å². The minimum atomic E-state index is -0.494. The summed E-state index contributed by atoms with van der Waals surface area (Å²) < 4.78 is 1.27. The van der Waals surface area contributed by atoms with Gasteiger partial charge in [-0.2, -0.15) is 0 Å². The summed E-state index contributed by atoms with van der Waals surface area (Å²) in [6.45, 7) is 2.79. The molecule has 0 heterocycles. The van der Waals surface area contributed by atoms with Crippen LogP contribution in [0.15, 0.2) is 18.2 Å². The average molecular weight is 345 g/mol. The molecule has 1 aliphatic rings. The second-order valence-electron chi connectivity index (χ2n) is 5.05. The zero-order chi connectivity index (χ0) is 12.3. The Morgan fingerprint density at radius 2 is 2.00 bits per heavy atom. The maximum atomic E-state index is 10.4. The maximum absolute atomic E-state index is 10.4. The van der Waals surface area contributed by atoms with Crippen LogP contribution in [0.3, 0.4) is 0 Å². The molecule has 1 saturated carbocycles. The molecule has 2 rings (SSSR count). The summed E-state index contributed by atoms with van der Waals surface area (Å²) in [6.07, 6.45) is 5.45. The number of nitrogens with one attached hydrogen (secondary N) is 1. The number of hydrogen-bond acceptors (Lipinski definition) is 2. The lowest BCUT2D eigenvalue weighted by Gasteiger charge is -2.32. The van der Waals surface area contributed by atoms with Gasteiger partial charge >= 0.3 is 0 Å². The monoisotopic (exact) mass is 345 g/mol. The van der Waals surface area contributed by atoms with Crippen molar-refractivity contribution in [2.24, 2.45) is 0 Å². The van der Waals surface area contributed by atoms with Crippen molar-refractivity contribution in [2.75, 3.05) is 11.9 Å². The third kappa shape index (κ3) is 3.35. The minimum Gasteiger partial charge on any atom is -0.388 e. The lowest BCUT2D eigenvalue weighted by molar-refractivity contribution is 0.0167. The average Bonchev–Trinajstić information content (AvgIpc) is 2.32. The highest BCUT2D eigenvalue weighted by Crippen LogP contribution is 2.29. The second kappa shape index (κ2) is 5.57. The molecule has 0 saturated heterocycles. The minimum absolute atomic E-state index is 0.494. The fourth-order valence-electron chi connectivity index (χ4n) is 2.45. The molecule has 1 aliphatic carbocycles. The molecule has 2 N–H and O–H groups in total.